The summed E-state index contributed by atoms with van der Waals surface area (Å²) in [5.74, 6) is -0.388. The monoisotopic (exact) mass is 371 g/mol. The van der Waals surface area contributed by atoms with Crippen molar-refractivity contribution in [1.82, 2.24) is 16.0 Å². The fourth-order valence-electron chi connectivity index (χ4n) is 2.89. The maximum atomic E-state index is 12.2. The molecule has 0 spiro atoms. The lowest BCUT2D eigenvalue weighted by Crippen LogP contribution is -2.42. The van der Waals surface area contributed by atoms with Crippen LogP contribution in [0, 0.1) is 0 Å². The van der Waals surface area contributed by atoms with Gasteiger partial charge >= 0.3 is 0 Å². The fourth-order valence-corrected chi connectivity index (χ4v) is 2.89. The number of hydrogen-bond acceptors (Lipinski definition) is 4. The number of hydrazine groups is 1. The second kappa shape index (κ2) is 7.75. The zero-order valence-electron chi connectivity index (χ0n) is 14.9. The predicted octanol–water partition coefficient (Wildman–Crippen LogP) is 3.50. The van der Waals surface area contributed by atoms with Gasteiger partial charge in [-0.3, -0.25) is 20.4 Å². The topological polar surface area (TPSA) is 84.2 Å². The molecular formula is C22H17N3O3. The van der Waals surface area contributed by atoms with Crippen molar-refractivity contribution in [2.45, 2.75) is 6.42 Å². The minimum atomic E-state index is -0.544. The van der Waals surface area contributed by atoms with Crippen LogP contribution in [0.2, 0.25) is 0 Å². The summed E-state index contributed by atoms with van der Waals surface area (Å²) in [6, 6.07) is 24.6. The summed E-state index contributed by atoms with van der Waals surface area (Å²) >= 11 is 0. The summed E-state index contributed by atoms with van der Waals surface area (Å²) in [6.45, 7) is 0. The van der Waals surface area contributed by atoms with E-state index in [1.54, 1.807) is 0 Å². The Labute approximate surface area is 161 Å². The molecule has 3 aromatic carbocycles. The van der Waals surface area contributed by atoms with Gasteiger partial charge in [0.25, 0.3) is 5.91 Å². The van der Waals surface area contributed by atoms with Crippen molar-refractivity contribution in [2.24, 2.45) is 0 Å². The molecule has 0 aliphatic carbocycles. The van der Waals surface area contributed by atoms with Gasteiger partial charge in [-0.15, -0.1) is 0 Å². The van der Waals surface area contributed by atoms with Crippen molar-refractivity contribution >= 4 is 22.6 Å². The molecule has 2 N–H and O–H groups in total. The summed E-state index contributed by atoms with van der Waals surface area (Å²) in [5.41, 5.74) is 6.53. The third-order valence-corrected chi connectivity index (χ3v) is 4.30. The van der Waals surface area contributed by atoms with Gasteiger partial charge in [-0.25, -0.2) is 0 Å². The van der Waals surface area contributed by atoms with E-state index in [2.05, 4.69) is 16.0 Å². The first-order valence-electron chi connectivity index (χ1n) is 8.78. The molecule has 138 valence electrons. The lowest BCUT2D eigenvalue weighted by Gasteiger charge is -2.06. The van der Waals surface area contributed by atoms with Gasteiger partial charge in [0.05, 0.1) is 6.42 Å². The van der Waals surface area contributed by atoms with E-state index >= 15 is 0 Å². The first kappa shape index (κ1) is 17.5. The van der Waals surface area contributed by atoms with Crippen LogP contribution in [0.4, 0.5) is 0 Å². The van der Waals surface area contributed by atoms with Crippen LogP contribution in [0.1, 0.15) is 16.1 Å². The highest BCUT2D eigenvalue weighted by Crippen LogP contribution is 2.19. The van der Waals surface area contributed by atoms with Crippen LogP contribution in [-0.2, 0) is 11.2 Å². The molecule has 1 aromatic heterocycles. The lowest BCUT2D eigenvalue weighted by atomic mass is 10.1. The van der Waals surface area contributed by atoms with Gasteiger partial charge in [0.15, 0.2) is 11.5 Å². The van der Waals surface area contributed by atoms with Crippen LogP contribution in [-0.4, -0.2) is 17.0 Å². The summed E-state index contributed by atoms with van der Waals surface area (Å²) in [5, 5.41) is 5.92. The average Bonchev–Trinajstić information content (AvgIpc) is 3.23. The van der Waals surface area contributed by atoms with Crippen molar-refractivity contribution in [1.29, 1.82) is 0 Å². The number of carbonyl (C=O) groups is 2. The van der Waals surface area contributed by atoms with E-state index in [0.29, 0.717) is 5.76 Å². The molecule has 28 heavy (non-hydrogen) atoms. The number of benzene rings is 3. The minimum Gasteiger partial charge on any atom is -0.355 e. The lowest BCUT2D eigenvalue weighted by molar-refractivity contribution is -0.121. The SMILES string of the molecule is O=C(Cc1ccc2ccccc2c1)NNC(=O)c1cc(-c2ccccc2)on1. The van der Waals surface area contributed by atoms with Crippen molar-refractivity contribution < 1.29 is 14.1 Å². The number of amides is 2. The minimum absolute atomic E-state index is 0.0878. The molecule has 0 atom stereocenters. The Bertz CT molecular complexity index is 1140. The maximum Gasteiger partial charge on any atom is 0.291 e. The standard InChI is InChI=1S/C22H17N3O3/c26-21(13-15-10-11-16-6-4-5-9-18(16)12-15)23-24-22(27)19-14-20(28-25-19)17-7-2-1-3-8-17/h1-12,14H,13H2,(H,23,26)(H,24,27). The molecule has 0 unspecified atom stereocenters. The first-order chi connectivity index (χ1) is 13.7. The van der Waals surface area contributed by atoms with Crippen LogP contribution in [0.3, 0.4) is 0 Å². The molecule has 0 aliphatic rings. The molecular weight excluding hydrogens is 354 g/mol. The Balaban J connectivity index is 1.35. The van der Waals surface area contributed by atoms with E-state index < -0.39 is 5.91 Å². The number of fused-ring (bicyclic) bond motifs is 1. The number of nitrogens with one attached hydrogen (secondary N) is 2. The van der Waals surface area contributed by atoms with Crippen LogP contribution < -0.4 is 10.9 Å². The number of nitrogens with zero attached hydrogens (tertiary/aromatic N) is 1. The molecule has 1 heterocycles. The molecule has 0 saturated carbocycles. The third-order valence-electron chi connectivity index (χ3n) is 4.30. The van der Waals surface area contributed by atoms with Gasteiger partial charge < -0.3 is 4.52 Å². The fraction of sp³-hybridized carbons (Fsp3) is 0.0455. The van der Waals surface area contributed by atoms with Gasteiger partial charge in [-0.2, -0.15) is 0 Å². The second-order valence-electron chi connectivity index (χ2n) is 6.30. The second-order valence-corrected chi connectivity index (χ2v) is 6.30. The third kappa shape index (κ3) is 3.91. The molecule has 0 aliphatic heterocycles. The molecule has 6 nitrogen and oxygen atoms in total. The van der Waals surface area contributed by atoms with Gasteiger partial charge in [0, 0.05) is 11.6 Å². The summed E-state index contributed by atoms with van der Waals surface area (Å²) in [6.07, 6.45) is 0.152. The number of carbonyl (C=O) groups excluding carboxylic acids is 2. The van der Waals surface area contributed by atoms with Crippen LogP contribution in [0.5, 0.6) is 0 Å². The Morgan fingerprint density at radius 1 is 0.821 bits per heavy atom. The molecule has 2 amide bonds. The van der Waals surface area contributed by atoms with Crippen molar-refractivity contribution in [3.63, 3.8) is 0 Å². The molecule has 4 rings (SSSR count). The zero-order valence-corrected chi connectivity index (χ0v) is 14.9. The molecule has 0 fully saturated rings. The molecule has 0 radical (unpaired) electrons. The summed E-state index contributed by atoms with van der Waals surface area (Å²) < 4.78 is 5.19. The van der Waals surface area contributed by atoms with Gasteiger partial charge in [-0.1, -0.05) is 78.0 Å². The molecule has 4 aromatic rings. The van der Waals surface area contributed by atoms with Gasteiger partial charge in [0.1, 0.15) is 0 Å². The summed E-state index contributed by atoms with van der Waals surface area (Å²) in [4.78, 5) is 24.3. The van der Waals surface area contributed by atoms with E-state index in [9.17, 15) is 9.59 Å². The number of rotatable bonds is 4. The Kier molecular flexibility index (Phi) is 4.84. The number of aromatic nitrogens is 1. The quantitative estimate of drug-likeness (QED) is 0.538. The highest BCUT2D eigenvalue weighted by Gasteiger charge is 2.14. The van der Waals surface area contributed by atoms with Crippen LogP contribution >= 0.6 is 0 Å². The average molecular weight is 371 g/mol. The van der Waals surface area contributed by atoms with Crippen molar-refractivity contribution in [3.8, 4) is 11.3 Å². The smallest absolute Gasteiger partial charge is 0.291 e. The highest BCUT2D eigenvalue weighted by atomic mass is 16.5. The Hall–Kier alpha value is -3.93. The van der Waals surface area contributed by atoms with Crippen LogP contribution in [0.15, 0.2) is 83.4 Å². The normalized spacial score (nSPS) is 10.6. The molecule has 6 heteroatoms. The molecule has 0 bridgehead atoms. The molecule has 0 saturated heterocycles. The first-order valence-corrected chi connectivity index (χ1v) is 8.78. The van der Waals surface area contributed by atoms with Gasteiger partial charge in [0.2, 0.25) is 5.91 Å². The Morgan fingerprint density at radius 3 is 2.39 bits per heavy atom. The maximum absolute atomic E-state index is 12.2. The predicted molar refractivity (Wildman–Crippen MR) is 105 cm³/mol. The van der Waals surface area contributed by atoms with E-state index in [-0.39, 0.29) is 18.0 Å². The largest absolute Gasteiger partial charge is 0.355 e. The van der Waals surface area contributed by atoms with E-state index in [0.717, 1.165) is 21.9 Å². The zero-order chi connectivity index (χ0) is 19.3. The highest BCUT2D eigenvalue weighted by molar-refractivity contribution is 5.94. The van der Waals surface area contributed by atoms with Gasteiger partial charge in [-0.05, 0) is 16.3 Å². The van der Waals surface area contributed by atoms with Crippen LogP contribution in [0.25, 0.3) is 22.1 Å². The number of hydrogen-bond donors (Lipinski definition) is 2. The van der Waals surface area contributed by atoms with Crippen molar-refractivity contribution in [3.05, 3.63) is 90.1 Å². The Morgan fingerprint density at radius 2 is 1.57 bits per heavy atom. The van der Waals surface area contributed by atoms with Crippen molar-refractivity contribution in [2.75, 3.05) is 0 Å². The van der Waals surface area contributed by atoms with E-state index in [1.807, 2.05) is 72.8 Å². The summed E-state index contributed by atoms with van der Waals surface area (Å²) in [7, 11) is 0. The van der Waals surface area contributed by atoms with E-state index in [1.165, 1.54) is 6.07 Å². The van der Waals surface area contributed by atoms with E-state index in [4.69, 9.17) is 4.52 Å².